The molecule has 0 saturated carbocycles. The number of amides is 2. The molecule has 202 valence electrons. The summed E-state index contributed by atoms with van der Waals surface area (Å²) in [4.78, 5) is 39.9. The number of nitrogens with one attached hydrogen (secondary N) is 3. The van der Waals surface area contributed by atoms with Crippen molar-refractivity contribution in [2.24, 2.45) is 0 Å². The summed E-state index contributed by atoms with van der Waals surface area (Å²) < 4.78 is 4.88. The van der Waals surface area contributed by atoms with Crippen molar-refractivity contribution in [2.75, 3.05) is 51.0 Å². The van der Waals surface area contributed by atoms with E-state index < -0.39 is 5.97 Å². The van der Waals surface area contributed by atoms with Gasteiger partial charge in [0.15, 0.2) is 0 Å². The van der Waals surface area contributed by atoms with Crippen molar-refractivity contribution in [3.05, 3.63) is 94.5 Å². The van der Waals surface area contributed by atoms with E-state index in [9.17, 15) is 14.4 Å². The Hall–Kier alpha value is -4.47. The number of carbonyl (C=O) groups is 3. The maximum absolute atomic E-state index is 13.2. The zero-order chi connectivity index (χ0) is 27.9. The number of aryl methyl sites for hydroxylation is 1. The molecule has 39 heavy (non-hydrogen) atoms. The number of anilines is 2. The Labute approximate surface area is 227 Å². The molecule has 0 fully saturated rings. The van der Waals surface area contributed by atoms with Crippen molar-refractivity contribution in [1.82, 2.24) is 10.2 Å². The minimum absolute atomic E-state index is 0.0709. The number of fused-ring (bicyclic) bond motifs is 1. The Morgan fingerprint density at radius 1 is 1.00 bits per heavy atom. The Balaban J connectivity index is 1.63. The lowest BCUT2D eigenvalue weighted by Gasteiger charge is -2.16. The number of rotatable bonds is 10. The number of nitrogens with zero attached hydrogens (tertiary/aromatic N) is 1. The van der Waals surface area contributed by atoms with E-state index in [-0.39, 0.29) is 18.4 Å². The SMILES string of the molecule is COC(=O)c1cc2c(cc1C)/C(=C(/Nc1ccc(C(=O)NCCN(C)CCO)cc1)c1ccccc1)C(=O)N2. The van der Waals surface area contributed by atoms with Crippen molar-refractivity contribution in [1.29, 1.82) is 0 Å². The van der Waals surface area contributed by atoms with Crippen molar-refractivity contribution < 1.29 is 24.2 Å². The van der Waals surface area contributed by atoms with Gasteiger partial charge in [-0.25, -0.2) is 4.79 Å². The first-order valence-corrected chi connectivity index (χ1v) is 12.6. The van der Waals surface area contributed by atoms with E-state index in [1.807, 2.05) is 48.3 Å². The third kappa shape index (κ3) is 6.34. The number of benzene rings is 3. The minimum Gasteiger partial charge on any atom is -0.465 e. The van der Waals surface area contributed by atoms with Crippen LogP contribution in [-0.2, 0) is 9.53 Å². The molecule has 0 atom stereocenters. The van der Waals surface area contributed by atoms with Crippen LogP contribution in [0, 0.1) is 6.92 Å². The van der Waals surface area contributed by atoms with Crippen LogP contribution < -0.4 is 16.0 Å². The molecular formula is C30H32N4O5. The summed E-state index contributed by atoms with van der Waals surface area (Å²) in [5.41, 5.74) is 5.36. The smallest absolute Gasteiger partial charge is 0.338 e. The van der Waals surface area contributed by atoms with Gasteiger partial charge in [-0.2, -0.15) is 0 Å². The topological polar surface area (TPSA) is 120 Å². The lowest BCUT2D eigenvalue weighted by molar-refractivity contribution is -0.110. The lowest BCUT2D eigenvalue weighted by atomic mass is 9.96. The molecular weight excluding hydrogens is 496 g/mol. The van der Waals surface area contributed by atoms with Gasteiger partial charge in [-0.1, -0.05) is 30.3 Å². The van der Waals surface area contributed by atoms with Crippen LogP contribution in [0.25, 0.3) is 11.3 Å². The molecule has 0 bridgehead atoms. The number of ether oxygens (including phenoxy) is 1. The second-order valence-corrected chi connectivity index (χ2v) is 9.26. The Bertz CT molecular complexity index is 1400. The van der Waals surface area contributed by atoms with Crippen molar-refractivity contribution in [3.8, 4) is 0 Å². The third-order valence-electron chi connectivity index (χ3n) is 6.50. The Morgan fingerprint density at radius 2 is 1.72 bits per heavy atom. The molecule has 0 unspecified atom stereocenters. The number of hydrogen-bond acceptors (Lipinski definition) is 7. The molecule has 0 spiro atoms. The highest BCUT2D eigenvalue weighted by molar-refractivity contribution is 6.37. The third-order valence-corrected chi connectivity index (χ3v) is 6.50. The minimum atomic E-state index is -0.468. The van der Waals surface area contributed by atoms with Gasteiger partial charge in [0.1, 0.15) is 0 Å². The molecule has 2 amide bonds. The summed E-state index contributed by atoms with van der Waals surface area (Å²) >= 11 is 0. The number of methoxy groups -OCH3 is 1. The van der Waals surface area contributed by atoms with Crippen LogP contribution in [0.2, 0.25) is 0 Å². The molecule has 3 aromatic carbocycles. The van der Waals surface area contributed by atoms with Crippen LogP contribution in [0.5, 0.6) is 0 Å². The highest BCUT2D eigenvalue weighted by Crippen LogP contribution is 2.39. The predicted octanol–water partition coefficient (Wildman–Crippen LogP) is 3.37. The number of carbonyl (C=O) groups excluding carboxylic acids is 3. The number of likely N-dealkylation sites (N-methyl/N-ethyl adjacent to an activating group) is 1. The highest BCUT2D eigenvalue weighted by Gasteiger charge is 2.30. The fraction of sp³-hybridized carbons (Fsp3) is 0.233. The van der Waals surface area contributed by atoms with Crippen LogP contribution in [0.4, 0.5) is 11.4 Å². The fourth-order valence-electron chi connectivity index (χ4n) is 4.38. The van der Waals surface area contributed by atoms with Crippen molar-refractivity contribution >= 4 is 40.4 Å². The van der Waals surface area contributed by atoms with Crippen molar-refractivity contribution in [2.45, 2.75) is 6.92 Å². The molecule has 1 heterocycles. The van der Waals surface area contributed by atoms with E-state index in [1.165, 1.54) is 7.11 Å². The first kappa shape index (κ1) is 27.6. The van der Waals surface area contributed by atoms with Crippen LogP contribution in [0.3, 0.4) is 0 Å². The average molecular weight is 529 g/mol. The molecule has 9 heteroatoms. The molecule has 3 aromatic rings. The Kier molecular flexibility index (Phi) is 8.75. The van der Waals surface area contributed by atoms with Crippen LogP contribution >= 0.6 is 0 Å². The Morgan fingerprint density at radius 3 is 2.38 bits per heavy atom. The largest absolute Gasteiger partial charge is 0.465 e. The van der Waals surface area contributed by atoms with Gasteiger partial charge in [0.2, 0.25) is 0 Å². The molecule has 0 aromatic heterocycles. The fourth-order valence-corrected chi connectivity index (χ4v) is 4.38. The maximum Gasteiger partial charge on any atom is 0.338 e. The number of aliphatic hydroxyl groups excluding tert-OH is 1. The van der Waals surface area contributed by atoms with Gasteiger partial charge in [0.05, 0.1) is 36.2 Å². The normalized spacial score (nSPS) is 13.5. The van der Waals surface area contributed by atoms with Gasteiger partial charge in [-0.3, -0.25) is 9.59 Å². The summed E-state index contributed by atoms with van der Waals surface area (Å²) in [6.45, 7) is 3.51. The van der Waals surface area contributed by atoms with Gasteiger partial charge in [-0.15, -0.1) is 0 Å². The maximum atomic E-state index is 13.2. The lowest BCUT2D eigenvalue weighted by Crippen LogP contribution is -2.34. The second kappa shape index (κ2) is 12.4. The molecule has 4 N–H and O–H groups in total. The number of aliphatic hydroxyl groups is 1. The van der Waals surface area contributed by atoms with Crippen LogP contribution in [-0.4, -0.2) is 68.2 Å². The van der Waals surface area contributed by atoms with Gasteiger partial charge in [0.25, 0.3) is 11.8 Å². The van der Waals surface area contributed by atoms with E-state index in [4.69, 9.17) is 9.84 Å². The first-order valence-electron chi connectivity index (χ1n) is 12.6. The van der Waals surface area contributed by atoms with Gasteiger partial charge in [0, 0.05) is 36.4 Å². The highest BCUT2D eigenvalue weighted by atomic mass is 16.5. The molecule has 1 aliphatic heterocycles. The van der Waals surface area contributed by atoms with E-state index in [1.54, 1.807) is 37.3 Å². The summed E-state index contributed by atoms with van der Waals surface area (Å²) in [6, 6.07) is 20.0. The molecule has 0 saturated heterocycles. The molecule has 9 nitrogen and oxygen atoms in total. The number of esters is 1. The summed E-state index contributed by atoms with van der Waals surface area (Å²) in [5, 5.41) is 18.1. The second-order valence-electron chi connectivity index (χ2n) is 9.26. The van der Waals surface area contributed by atoms with Gasteiger partial charge < -0.3 is 30.7 Å². The summed E-state index contributed by atoms with van der Waals surface area (Å²) in [5.74, 6) is -0.953. The molecule has 1 aliphatic rings. The van der Waals surface area contributed by atoms with Gasteiger partial charge >= 0.3 is 5.97 Å². The van der Waals surface area contributed by atoms with E-state index >= 15 is 0 Å². The summed E-state index contributed by atoms with van der Waals surface area (Å²) in [7, 11) is 3.20. The van der Waals surface area contributed by atoms with Crippen LogP contribution in [0.1, 0.15) is 37.4 Å². The van der Waals surface area contributed by atoms with Crippen molar-refractivity contribution in [3.63, 3.8) is 0 Å². The molecule has 4 rings (SSSR count). The number of hydrogen-bond donors (Lipinski definition) is 4. The standard InChI is InChI=1S/C30H32N4O5/c1-19-17-24-25(18-23(19)30(38)39-3)33-29(37)26(24)27(20-7-5-4-6-8-20)32-22-11-9-21(10-12-22)28(36)31-13-14-34(2)15-16-35/h4-12,17-18,32,35H,13-16H2,1-3H3,(H,31,36)(H,33,37)/b27-26-. The van der Waals surface area contributed by atoms with E-state index in [2.05, 4.69) is 16.0 Å². The van der Waals surface area contributed by atoms with E-state index in [0.29, 0.717) is 64.5 Å². The molecule has 0 aliphatic carbocycles. The van der Waals surface area contributed by atoms with Crippen LogP contribution in [0.15, 0.2) is 66.7 Å². The molecule has 0 radical (unpaired) electrons. The quantitative estimate of drug-likeness (QED) is 0.235. The zero-order valence-corrected chi connectivity index (χ0v) is 22.2. The summed E-state index contributed by atoms with van der Waals surface area (Å²) in [6.07, 6.45) is 0. The predicted molar refractivity (Wildman–Crippen MR) is 151 cm³/mol. The zero-order valence-electron chi connectivity index (χ0n) is 22.2. The average Bonchev–Trinajstić information content (AvgIpc) is 3.25. The van der Waals surface area contributed by atoms with Gasteiger partial charge in [-0.05, 0) is 61.5 Å². The van der Waals surface area contributed by atoms with E-state index in [0.717, 1.165) is 5.56 Å². The monoisotopic (exact) mass is 528 g/mol. The first-order chi connectivity index (χ1) is 18.8.